The molecule has 1 N–H and O–H groups in total. The minimum atomic E-state index is -0.0681. The van der Waals surface area contributed by atoms with Gasteiger partial charge < -0.3 is 9.88 Å². The lowest BCUT2D eigenvalue weighted by Gasteiger charge is -2.35. The molecule has 5 heteroatoms. The van der Waals surface area contributed by atoms with Gasteiger partial charge in [0.15, 0.2) is 0 Å². The van der Waals surface area contributed by atoms with Gasteiger partial charge in [-0.1, -0.05) is 35.2 Å². The third-order valence-corrected chi connectivity index (χ3v) is 4.95. The lowest BCUT2D eigenvalue weighted by atomic mass is 9.75. The molecule has 0 bridgehead atoms. The van der Waals surface area contributed by atoms with Crippen LogP contribution in [0.25, 0.3) is 0 Å². The Morgan fingerprint density at radius 2 is 2.22 bits per heavy atom. The highest BCUT2D eigenvalue weighted by Crippen LogP contribution is 2.37. The predicted octanol–water partition coefficient (Wildman–Crippen LogP) is 2.50. The van der Waals surface area contributed by atoms with Gasteiger partial charge in [-0.15, -0.1) is 0 Å². The van der Waals surface area contributed by atoms with Crippen LogP contribution >= 0.6 is 15.9 Å². The summed E-state index contributed by atoms with van der Waals surface area (Å²) >= 11 is 3.61. The number of carbonyl (C=O) groups is 1. The lowest BCUT2D eigenvalue weighted by Crippen LogP contribution is -2.40. The molecule has 1 heterocycles. The summed E-state index contributed by atoms with van der Waals surface area (Å²) in [7, 11) is 1.87. The molecular weight excluding hydrogens is 294 g/mol. The van der Waals surface area contributed by atoms with Gasteiger partial charge in [-0.3, -0.25) is 4.79 Å². The van der Waals surface area contributed by atoms with E-state index in [-0.39, 0.29) is 11.3 Å². The van der Waals surface area contributed by atoms with E-state index in [4.69, 9.17) is 0 Å². The number of halogens is 1. The number of hydrogen-bond donors (Lipinski definition) is 1. The molecule has 1 aliphatic carbocycles. The van der Waals surface area contributed by atoms with Crippen molar-refractivity contribution in [3.8, 4) is 0 Å². The van der Waals surface area contributed by atoms with E-state index < -0.39 is 0 Å². The molecule has 18 heavy (non-hydrogen) atoms. The maximum Gasteiger partial charge on any atom is 0.271 e. The SMILES string of the molecule is Cn1cnc(C(=O)NCC2(CBr)CCCCC2)c1. The third-order valence-electron chi connectivity index (χ3n) is 3.76. The summed E-state index contributed by atoms with van der Waals surface area (Å²) in [5.74, 6) is -0.0681. The number of carbonyl (C=O) groups excluding carboxylic acids is 1. The molecule has 0 unspecified atom stereocenters. The van der Waals surface area contributed by atoms with Gasteiger partial charge in [-0.2, -0.15) is 0 Å². The number of alkyl halides is 1. The van der Waals surface area contributed by atoms with Gasteiger partial charge in [-0.25, -0.2) is 4.98 Å². The number of aryl methyl sites for hydroxylation is 1. The second-order valence-electron chi connectivity index (χ2n) is 5.30. The highest BCUT2D eigenvalue weighted by atomic mass is 79.9. The van der Waals surface area contributed by atoms with Gasteiger partial charge in [0, 0.05) is 25.1 Å². The zero-order chi connectivity index (χ0) is 13.0. The zero-order valence-electron chi connectivity index (χ0n) is 10.8. The van der Waals surface area contributed by atoms with Crippen molar-refractivity contribution in [1.82, 2.24) is 14.9 Å². The molecular formula is C13H20BrN3O. The normalized spacial score (nSPS) is 18.6. The van der Waals surface area contributed by atoms with Crippen LogP contribution in [-0.4, -0.2) is 27.3 Å². The summed E-state index contributed by atoms with van der Waals surface area (Å²) < 4.78 is 1.79. The quantitative estimate of drug-likeness (QED) is 0.868. The van der Waals surface area contributed by atoms with Crippen LogP contribution in [0.5, 0.6) is 0 Å². The van der Waals surface area contributed by atoms with Gasteiger partial charge in [0.25, 0.3) is 5.91 Å². The van der Waals surface area contributed by atoms with Crippen LogP contribution in [0, 0.1) is 5.41 Å². The fourth-order valence-electron chi connectivity index (χ4n) is 2.55. The molecule has 0 aliphatic heterocycles. The molecule has 1 fully saturated rings. The van der Waals surface area contributed by atoms with Gasteiger partial charge in [0.1, 0.15) is 5.69 Å². The summed E-state index contributed by atoms with van der Waals surface area (Å²) in [5, 5.41) is 3.99. The van der Waals surface area contributed by atoms with Crippen molar-refractivity contribution in [3.05, 3.63) is 18.2 Å². The van der Waals surface area contributed by atoms with Crippen LogP contribution in [-0.2, 0) is 7.05 Å². The van der Waals surface area contributed by atoms with Crippen molar-refractivity contribution in [3.63, 3.8) is 0 Å². The average molecular weight is 314 g/mol. The number of amides is 1. The average Bonchev–Trinajstić information content (AvgIpc) is 2.84. The van der Waals surface area contributed by atoms with E-state index in [0.29, 0.717) is 5.69 Å². The first-order valence-corrected chi connectivity index (χ1v) is 7.59. The molecule has 0 radical (unpaired) electrons. The zero-order valence-corrected chi connectivity index (χ0v) is 12.4. The Hall–Kier alpha value is -0.840. The van der Waals surface area contributed by atoms with E-state index in [1.165, 1.54) is 32.1 Å². The van der Waals surface area contributed by atoms with Crippen molar-refractivity contribution in [2.24, 2.45) is 12.5 Å². The van der Waals surface area contributed by atoms with Crippen molar-refractivity contribution in [1.29, 1.82) is 0 Å². The van der Waals surface area contributed by atoms with Gasteiger partial charge >= 0.3 is 0 Å². The largest absolute Gasteiger partial charge is 0.350 e. The number of rotatable bonds is 4. The number of hydrogen-bond acceptors (Lipinski definition) is 2. The van der Waals surface area contributed by atoms with Crippen LogP contribution < -0.4 is 5.32 Å². The molecule has 100 valence electrons. The van der Waals surface area contributed by atoms with Crippen LogP contribution in [0.3, 0.4) is 0 Å². The Bertz CT molecular complexity index is 410. The second kappa shape index (κ2) is 5.87. The van der Waals surface area contributed by atoms with Gasteiger partial charge in [0.2, 0.25) is 0 Å². The summed E-state index contributed by atoms with van der Waals surface area (Å²) in [4.78, 5) is 16.0. The molecule has 0 saturated heterocycles. The molecule has 1 aliphatic rings. The first-order chi connectivity index (χ1) is 8.65. The maximum absolute atomic E-state index is 12.0. The third kappa shape index (κ3) is 3.13. The first-order valence-electron chi connectivity index (χ1n) is 6.47. The van der Waals surface area contributed by atoms with E-state index in [1.807, 2.05) is 7.05 Å². The molecule has 1 aromatic rings. The maximum atomic E-state index is 12.0. The van der Waals surface area contributed by atoms with Crippen LogP contribution in [0.1, 0.15) is 42.6 Å². The van der Waals surface area contributed by atoms with Gasteiger partial charge in [-0.05, 0) is 18.3 Å². The van der Waals surface area contributed by atoms with Crippen LogP contribution in [0.4, 0.5) is 0 Å². The Kier molecular flexibility index (Phi) is 4.43. The Labute approximate surface area is 116 Å². The highest BCUT2D eigenvalue weighted by molar-refractivity contribution is 9.09. The van der Waals surface area contributed by atoms with E-state index in [2.05, 4.69) is 26.2 Å². The summed E-state index contributed by atoms with van der Waals surface area (Å²) in [6.07, 6.45) is 9.65. The smallest absolute Gasteiger partial charge is 0.271 e. The van der Waals surface area contributed by atoms with Crippen molar-refractivity contribution in [2.45, 2.75) is 32.1 Å². The minimum Gasteiger partial charge on any atom is -0.350 e. The number of aromatic nitrogens is 2. The van der Waals surface area contributed by atoms with Crippen LogP contribution in [0.2, 0.25) is 0 Å². The molecule has 1 aromatic heterocycles. The number of imidazole rings is 1. The fraction of sp³-hybridized carbons (Fsp3) is 0.692. The molecule has 0 atom stereocenters. The lowest BCUT2D eigenvalue weighted by molar-refractivity contribution is 0.0917. The molecule has 2 rings (SSSR count). The summed E-state index contributed by atoms with van der Waals surface area (Å²) in [5.41, 5.74) is 0.737. The predicted molar refractivity (Wildman–Crippen MR) is 74.9 cm³/mol. The molecule has 4 nitrogen and oxygen atoms in total. The van der Waals surface area contributed by atoms with Crippen molar-refractivity contribution < 1.29 is 4.79 Å². The molecule has 1 amide bonds. The molecule has 0 aromatic carbocycles. The summed E-state index contributed by atoms with van der Waals surface area (Å²) in [6.45, 7) is 0.744. The summed E-state index contributed by atoms with van der Waals surface area (Å²) in [6, 6.07) is 0. The number of nitrogens with one attached hydrogen (secondary N) is 1. The standard InChI is InChI=1S/C13H20BrN3O/c1-17-7-11(16-10-17)12(18)15-9-13(8-14)5-3-2-4-6-13/h7,10H,2-6,8-9H2,1H3,(H,15,18). The van der Waals surface area contributed by atoms with Crippen molar-refractivity contribution in [2.75, 3.05) is 11.9 Å². The fourth-order valence-corrected chi connectivity index (χ4v) is 3.31. The Morgan fingerprint density at radius 1 is 1.50 bits per heavy atom. The van der Waals surface area contributed by atoms with E-state index in [9.17, 15) is 4.79 Å². The molecule has 1 saturated carbocycles. The topological polar surface area (TPSA) is 46.9 Å². The number of nitrogens with zero attached hydrogens (tertiary/aromatic N) is 2. The van der Waals surface area contributed by atoms with Gasteiger partial charge in [0.05, 0.1) is 6.33 Å². The Morgan fingerprint density at radius 3 is 2.78 bits per heavy atom. The molecule has 0 spiro atoms. The van der Waals surface area contributed by atoms with E-state index in [1.54, 1.807) is 17.1 Å². The van der Waals surface area contributed by atoms with Crippen molar-refractivity contribution >= 4 is 21.8 Å². The highest BCUT2D eigenvalue weighted by Gasteiger charge is 2.31. The minimum absolute atomic E-state index is 0.0681. The van der Waals surface area contributed by atoms with E-state index in [0.717, 1.165) is 11.9 Å². The second-order valence-corrected chi connectivity index (χ2v) is 5.86. The monoisotopic (exact) mass is 313 g/mol. The Balaban J connectivity index is 1.91. The first kappa shape index (κ1) is 13.6. The van der Waals surface area contributed by atoms with Crippen LogP contribution in [0.15, 0.2) is 12.5 Å². The van der Waals surface area contributed by atoms with E-state index >= 15 is 0 Å².